The van der Waals surface area contributed by atoms with Crippen LogP contribution in [0.2, 0.25) is 0 Å². The summed E-state index contributed by atoms with van der Waals surface area (Å²) >= 11 is 0. The summed E-state index contributed by atoms with van der Waals surface area (Å²) < 4.78 is 2.44. The highest BCUT2D eigenvalue weighted by Crippen LogP contribution is 2.47. The van der Waals surface area contributed by atoms with Gasteiger partial charge in [-0.3, -0.25) is 0 Å². The minimum Gasteiger partial charge on any atom is -0.315 e. The van der Waals surface area contributed by atoms with Crippen molar-refractivity contribution in [3.63, 3.8) is 0 Å². The predicted octanol–water partition coefficient (Wildman–Crippen LogP) is 16.7. The largest absolute Gasteiger partial charge is 0.315 e. The first-order chi connectivity index (χ1) is 30.8. The second-order valence-electron chi connectivity index (χ2n) is 16.1. The summed E-state index contributed by atoms with van der Waals surface area (Å²) in [5, 5.41) is 8.81. The molecule has 0 aliphatic carbocycles. The number of fused-ring (bicyclic) bond motifs is 9. The van der Waals surface area contributed by atoms with Crippen LogP contribution < -0.4 is 4.90 Å². The van der Waals surface area contributed by atoms with Gasteiger partial charge >= 0.3 is 0 Å². The van der Waals surface area contributed by atoms with Crippen molar-refractivity contribution >= 4 is 65.8 Å². The van der Waals surface area contributed by atoms with E-state index in [4.69, 9.17) is 0 Å². The summed E-state index contributed by atoms with van der Waals surface area (Å²) in [5.74, 6) is 0. The lowest BCUT2D eigenvalue weighted by Crippen LogP contribution is -2.10. The molecule has 0 saturated heterocycles. The van der Waals surface area contributed by atoms with Crippen molar-refractivity contribution < 1.29 is 0 Å². The van der Waals surface area contributed by atoms with Crippen LogP contribution in [0.15, 0.2) is 243 Å². The maximum absolute atomic E-state index is 2.44. The van der Waals surface area contributed by atoms with Crippen LogP contribution in [0.4, 0.5) is 17.1 Å². The Morgan fingerprint density at radius 2 is 0.758 bits per heavy atom. The van der Waals surface area contributed by atoms with Gasteiger partial charge in [0.05, 0.1) is 16.7 Å². The molecule has 0 aliphatic rings. The Kier molecular flexibility index (Phi) is 8.53. The molecule has 0 atom stereocenters. The Bertz CT molecular complexity index is 3580. The number of pyridine rings is 1. The van der Waals surface area contributed by atoms with Crippen molar-refractivity contribution in [2.75, 3.05) is 4.90 Å². The van der Waals surface area contributed by atoms with Gasteiger partial charge in [0.1, 0.15) is 0 Å². The standard InChI is InChI=1S/C60H40N2/c1-3-15-41(16-4-1)43-32-36-48(37-33-43)62(56-27-13-20-45-17-7-8-21-50(45)56)49-38-34-44(35-39-49)42-28-30-46(31-29-42)51-26-14-40-61-59(51)57(47-18-5-2-6-19-47)58-54-24-11-9-22-52(54)53-23-10-12-25-55(53)60(58)61/h1-40H. The summed E-state index contributed by atoms with van der Waals surface area (Å²) in [6.07, 6.45) is 2.24. The fourth-order valence-corrected chi connectivity index (χ4v) is 9.72. The summed E-state index contributed by atoms with van der Waals surface area (Å²) in [7, 11) is 0. The van der Waals surface area contributed by atoms with Crippen LogP contribution in [-0.4, -0.2) is 4.40 Å². The van der Waals surface area contributed by atoms with Crippen LogP contribution in [0.3, 0.4) is 0 Å². The average Bonchev–Trinajstić information content (AvgIpc) is 3.71. The zero-order valence-corrected chi connectivity index (χ0v) is 34.0. The quantitative estimate of drug-likeness (QED) is 0.146. The third kappa shape index (κ3) is 5.88. The third-order valence-corrected chi connectivity index (χ3v) is 12.6. The molecule has 0 radical (unpaired) electrons. The number of hydrogen-bond acceptors (Lipinski definition) is 1. The van der Waals surface area contributed by atoms with E-state index in [1.807, 2.05) is 0 Å². The molecule has 0 spiro atoms. The van der Waals surface area contributed by atoms with Gasteiger partial charge in [-0.05, 0) is 91.3 Å². The maximum Gasteiger partial charge on any atom is 0.0620 e. The molecule has 0 unspecified atom stereocenters. The molecule has 0 fully saturated rings. The number of hydrogen-bond donors (Lipinski definition) is 0. The molecule has 0 N–H and O–H groups in total. The number of nitrogens with zero attached hydrogens (tertiary/aromatic N) is 2. The number of rotatable bonds is 7. The second kappa shape index (κ2) is 14.8. The molecular formula is C60H40N2. The van der Waals surface area contributed by atoms with Gasteiger partial charge in [-0.25, -0.2) is 0 Å². The third-order valence-electron chi connectivity index (χ3n) is 12.6. The summed E-state index contributed by atoms with van der Waals surface area (Å²) in [4.78, 5) is 2.38. The highest BCUT2D eigenvalue weighted by molar-refractivity contribution is 6.31. The van der Waals surface area contributed by atoms with Gasteiger partial charge in [-0.15, -0.1) is 0 Å². The Morgan fingerprint density at radius 3 is 1.40 bits per heavy atom. The molecule has 10 aromatic carbocycles. The second-order valence-corrected chi connectivity index (χ2v) is 16.1. The van der Waals surface area contributed by atoms with Gasteiger partial charge in [-0.1, -0.05) is 200 Å². The van der Waals surface area contributed by atoms with E-state index in [1.54, 1.807) is 0 Å². The first-order valence-corrected chi connectivity index (χ1v) is 21.3. The monoisotopic (exact) mass is 788 g/mol. The summed E-state index contributed by atoms with van der Waals surface area (Å²) in [6.45, 7) is 0. The fourth-order valence-electron chi connectivity index (χ4n) is 9.72. The molecule has 2 heteroatoms. The molecule has 0 amide bonds. The van der Waals surface area contributed by atoms with E-state index >= 15 is 0 Å². The van der Waals surface area contributed by atoms with Gasteiger partial charge in [0, 0.05) is 44.9 Å². The van der Waals surface area contributed by atoms with Crippen molar-refractivity contribution in [3.05, 3.63) is 243 Å². The molecule has 290 valence electrons. The van der Waals surface area contributed by atoms with Gasteiger partial charge in [0.25, 0.3) is 0 Å². The maximum atomic E-state index is 2.44. The van der Waals surface area contributed by atoms with Crippen LogP contribution in [0, 0.1) is 0 Å². The van der Waals surface area contributed by atoms with Crippen LogP contribution in [0.25, 0.3) is 93.2 Å². The van der Waals surface area contributed by atoms with Gasteiger partial charge < -0.3 is 9.30 Å². The zero-order valence-electron chi connectivity index (χ0n) is 34.0. The van der Waals surface area contributed by atoms with Crippen molar-refractivity contribution in [2.45, 2.75) is 0 Å². The topological polar surface area (TPSA) is 7.65 Å². The highest BCUT2D eigenvalue weighted by Gasteiger charge is 2.22. The summed E-state index contributed by atoms with van der Waals surface area (Å²) in [6, 6.07) is 86.0. The molecule has 2 aromatic heterocycles. The Labute approximate surface area is 360 Å². The van der Waals surface area contributed by atoms with Crippen LogP contribution in [-0.2, 0) is 0 Å². The molecule has 0 bridgehead atoms. The molecule has 2 heterocycles. The first-order valence-electron chi connectivity index (χ1n) is 21.3. The summed E-state index contributed by atoms with van der Waals surface area (Å²) in [5.41, 5.74) is 15.5. The van der Waals surface area contributed by atoms with E-state index in [0.29, 0.717) is 0 Å². The first kappa shape index (κ1) is 35.7. The SMILES string of the molecule is c1ccc(-c2ccc(N(c3ccc(-c4ccc(-c5cccn6c5c(-c5ccccc5)c5c7ccccc7c7ccccc7c56)cc4)cc3)c3cccc4ccccc34)cc2)cc1. The lowest BCUT2D eigenvalue weighted by atomic mass is 9.92. The van der Waals surface area contributed by atoms with E-state index in [1.165, 1.54) is 93.2 Å². The predicted molar refractivity (Wildman–Crippen MR) is 264 cm³/mol. The van der Waals surface area contributed by atoms with Gasteiger partial charge in [0.15, 0.2) is 0 Å². The van der Waals surface area contributed by atoms with E-state index < -0.39 is 0 Å². The van der Waals surface area contributed by atoms with Crippen molar-refractivity contribution in [2.24, 2.45) is 0 Å². The molecule has 12 aromatic rings. The van der Waals surface area contributed by atoms with Crippen molar-refractivity contribution in [3.8, 4) is 44.5 Å². The van der Waals surface area contributed by atoms with Crippen LogP contribution in [0.1, 0.15) is 0 Å². The van der Waals surface area contributed by atoms with E-state index in [2.05, 4.69) is 252 Å². The fraction of sp³-hybridized carbons (Fsp3) is 0. The lowest BCUT2D eigenvalue weighted by Gasteiger charge is -2.27. The Balaban J connectivity index is 0.960. The molecular weight excluding hydrogens is 749 g/mol. The molecule has 0 aliphatic heterocycles. The van der Waals surface area contributed by atoms with Gasteiger partial charge in [-0.2, -0.15) is 0 Å². The zero-order chi connectivity index (χ0) is 41.0. The van der Waals surface area contributed by atoms with E-state index in [9.17, 15) is 0 Å². The smallest absolute Gasteiger partial charge is 0.0620 e. The van der Waals surface area contributed by atoms with Crippen LogP contribution in [0.5, 0.6) is 0 Å². The lowest BCUT2D eigenvalue weighted by molar-refractivity contribution is 1.26. The average molecular weight is 789 g/mol. The Morgan fingerprint density at radius 1 is 0.290 bits per heavy atom. The number of aromatic nitrogens is 1. The number of anilines is 3. The Hall–Kier alpha value is -8.20. The molecule has 0 saturated carbocycles. The molecule has 12 rings (SSSR count). The normalized spacial score (nSPS) is 11.5. The van der Waals surface area contributed by atoms with Crippen LogP contribution >= 0.6 is 0 Å². The number of benzene rings is 10. The van der Waals surface area contributed by atoms with Gasteiger partial charge in [0.2, 0.25) is 0 Å². The highest BCUT2D eigenvalue weighted by atomic mass is 15.1. The van der Waals surface area contributed by atoms with Crippen molar-refractivity contribution in [1.29, 1.82) is 0 Å². The minimum atomic E-state index is 1.11. The molecule has 2 nitrogen and oxygen atoms in total. The molecule has 62 heavy (non-hydrogen) atoms. The van der Waals surface area contributed by atoms with Crippen molar-refractivity contribution in [1.82, 2.24) is 4.40 Å². The van der Waals surface area contributed by atoms with E-state index in [0.717, 1.165) is 17.1 Å². The minimum absolute atomic E-state index is 1.11. The van der Waals surface area contributed by atoms with E-state index in [-0.39, 0.29) is 0 Å².